The van der Waals surface area contributed by atoms with Crippen molar-refractivity contribution >= 4 is 21.6 Å². The monoisotopic (exact) mass is 259 g/mol. The Morgan fingerprint density at radius 2 is 2.50 bits per heavy atom. The van der Waals surface area contributed by atoms with Crippen LogP contribution in [0.5, 0.6) is 0 Å². The summed E-state index contributed by atoms with van der Waals surface area (Å²) in [6, 6.07) is 2.00. The van der Waals surface area contributed by atoms with E-state index < -0.39 is 0 Å². The fourth-order valence-corrected chi connectivity index (χ4v) is 3.90. The van der Waals surface area contributed by atoms with Gasteiger partial charge in [0, 0.05) is 4.88 Å². The summed E-state index contributed by atoms with van der Waals surface area (Å²) < 4.78 is 1.40. The lowest BCUT2D eigenvalue weighted by Crippen LogP contribution is -2.21. The van der Waals surface area contributed by atoms with Crippen molar-refractivity contribution in [2.45, 2.75) is 32.7 Å². The van der Waals surface area contributed by atoms with Crippen molar-refractivity contribution in [2.75, 3.05) is 0 Å². The van der Waals surface area contributed by atoms with Gasteiger partial charge in [-0.25, -0.2) is 4.98 Å². The van der Waals surface area contributed by atoms with Gasteiger partial charge in [-0.3, -0.25) is 9.36 Å². The largest absolute Gasteiger partial charge is 0.285 e. The third-order valence-corrected chi connectivity index (χ3v) is 4.69. The molecule has 1 atom stereocenters. The second-order valence-electron chi connectivity index (χ2n) is 4.87. The van der Waals surface area contributed by atoms with Crippen LogP contribution in [-0.2, 0) is 19.4 Å². The molecule has 1 aliphatic carbocycles. The quantitative estimate of drug-likeness (QED) is 0.788. The van der Waals surface area contributed by atoms with Gasteiger partial charge in [-0.1, -0.05) is 6.92 Å². The topological polar surface area (TPSA) is 58.7 Å². The molecule has 0 amide bonds. The highest BCUT2D eigenvalue weighted by molar-refractivity contribution is 7.18. The van der Waals surface area contributed by atoms with Gasteiger partial charge in [0.2, 0.25) is 0 Å². The van der Waals surface area contributed by atoms with Crippen LogP contribution >= 0.6 is 11.3 Å². The van der Waals surface area contributed by atoms with Crippen molar-refractivity contribution in [1.29, 1.82) is 5.26 Å². The summed E-state index contributed by atoms with van der Waals surface area (Å²) in [6.07, 6.45) is 4.63. The van der Waals surface area contributed by atoms with Crippen LogP contribution in [0.1, 0.15) is 23.8 Å². The molecule has 0 aliphatic heterocycles. The SMILES string of the molecule is C[C@@H]1CCc2c(sc3ncn(CC#N)c(=O)c23)C1. The minimum absolute atomic E-state index is 0.0615. The first kappa shape index (κ1) is 11.4. The molecular weight excluding hydrogens is 246 g/mol. The highest BCUT2D eigenvalue weighted by atomic mass is 32.1. The molecule has 0 N–H and O–H groups in total. The van der Waals surface area contributed by atoms with E-state index in [0.29, 0.717) is 5.92 Å². The van der Waals surface area contributed by atoms with Gasteiger partial charge in [0.05, 0.1) is 11.5 Å². The van der Waals surface area contributed by atoms with Gasteiger partial charge in [0.15, 0.2) is 0 Å². The van der Waals surface area contributed by atoms with Gasteiger partial charge in [-0.2, -0.15) is 5.26 Å². The molecule has 5 heteroatoms. The number of thiophene rings is 1. The van der Waals surface area contributed by atoms with Gasteiger partial charge < -0.3 is 0 Å². The van der Waals surface area contributed by atoms with E-state index in [1.54, 1.807) is 11.3 Å². The summed E-state index contributed by atoms with van der Waals surface area (Å²) in [4.78, 5) is 18.8. The lowest BCUT2D eigenvalue weighted by atomic mass is 9.89. The lowest BCUT2D eigenvalue weighted by molar-refractivity contribution is 0.509. The first-order valence-electron chi connectivity index (χ1n) is 6.07. The first-order valence-corrected chi connectivity index (χ1v) is 6.89. The maximum absolute atomic E-state index is 12.3. The molecule has 0 unspecified atom stereocenters. The van der Waals surface area contributed by atoms with Crippen LogP contribution in [0.3, 0.4) is 0 Å². The molecule has 3 rings (SSSR count). The zero-order chi connectivity index (χ0) is 12.7. The molecule has 0 bridgehead atoms. The number of aromatic nitrogens is 2. The number of rotatable bonds is 1. The summed E-state index contributed by atoms with van der Waals surface area (Å²) in [5, 5.41) is 9.45. The highest BCUT2D eigenvalue weighted by Crippen LogP contribution is 2.35. The molecule has 0 spiro atoms. The van der Waals surface area contributed by atoms with Crippen LogP contribution in [0.4, 0.5) is 0 Å². The molecule has 0 aromatic carbocycles. The van der Waals surface area contributed by atoms with E-state index in [1.807, 2.05) is 6.07 Å². The van der Waals surface area contributed by atoms with Crippen LogP contribution < -0.4 is 5.56 Å². The number of hydrogen-bond donors (Lipinski definition) is 0. The molecule has 4 nitrogen and oxygen atoms in total. The fourth-order valence-electron chi connectivity index (χ4n) is 2.55. The fraction of sp³-hybridized carbons (Fsp3) is 0.462. The third-order valence-electron chi connectivity index (χ3n) is 3.52. The van der Waals surface area contributed by atoms with Crippen molar-refractivity contribution in [2.24, 2.45) is 5.92 Å². The number of nitriles is 1. The Hall–Kier alpha value is -1.67. The van der Waals surface area contributed by atoms with E-state index in [-0.39, 0.29) is 12.1 Å². The molecule has 1 aliphatic rings. The summed E-state index contributed by atoms with van der Waals surface area (Å²) in [5.41, 5.74) is 1.12. The average molecular weight is 259 g/mol. The Morgan fingerprint density at radius 3 is 3.28 bits per heavy atom. The zero-order valence-corrected chi connectivity index (χ0v) is 11.0. The summed E-state index contributed by atoms with van der Waals surface area (Å²) in [7, 11) is 0. The zero-order valence-electron chi connectivity index (χ0n) is 10.1. The molecule has 2 aromatic heterocycles. The predicted octanol–water partition coefficient (Wildman–Crippen LogP) is 2.11. The smallest absolute Gasteiger partial charge is 0.263 e. The van der Waals surface area contributed by atoms with Crippen molar-refractivity contribution in [3.8, 4) is 6.07 Å². The van der Waals surface area contributed by atoms with Gasteiger partial charge in [0.1, 0.15) is 17.7 Å². The van der Waals surface area contributed by atoms with Crippen molar-refractivity contribution in [3.63, 3.8) is 0 Å². The molecule has 18 heavy (non-hydrogen) atoms. The molecule has 2 heterocycles. The van der Waals surface area contributed by atoms with Crippen LogP contribution in [-0.4, -0.2) is 9.55 Å². The molecule has 2 aromatic rings. The normalized spacial score (nSPS) is 18.6. The van der Waals surface area contributed by atoms with E-state index in [1.165, 1.54) is 21.3 Å². The molecule has 0 saturated carbocycles. The van der Waals surface area contributed by atoms with Gasteiger partial charge in [-0.15, -0.1) is 11.3 Å². The minimum atomic E-state index is -0.0615. The summed E-state index contributed by atoms with van der Waals surface area (Å²) in [6.45, 7) is 2.32. The van der Waals surface area contributed by atoms with E-state index >= 15 is 0 Å². The van der Waals surface area contributed by atoms with Crippen LogP contribution in [0.25, 0.3) is 10.2 Å². The molecule has 0 fully saturated rings. The Morgan fingerprint density at radius 1 is 1.67 bits per heavy atom. The van der Waals surface area contributed by atoms with Crippen molar-refractivity contribution in [3.05, 3.63) is 27.1 Å². The lowest BCUT2D eigenvalue weighted by Gasteiger charge is -2.17. The minimum Gasteiger partial charge on any atom is -0.285 e. The Labute approximate surface area is 109 Å². The Bertz CT molecular complexity index is 707. The Kier molecular flexibility index (Phi) is 2.67. The van der Waals surface area contributed by atoms with E-state index in [2.05, 4.69) is 11.9 Å². The number of nitrogens with zero attached hydrogens (tertiary/aromatic N) is 3. The van der Waals surface area contributed by atoms with Crippen LogP contribution in [0.2, 0.25) is 0 Å². The molecular formula is C13H13N3OS. The maximum atomic E-state index is 12.3. The van der Waals surface area contributed by atoms with Gasteiger partial charge >= 0.3 is 0 Å². The van der Waals surface area contributed by atoms with E-state index in [4.69, 9.17) is 5.26 Å². The van der Waals surface area contributed by atoms with Crippen LogP contribution in [0.15, 0.2) is 11.1 Å². The predicted molar refractivity (Wildman–Crippen MR) is 70.7 cm³/mol. The first-order chi connectivity index (χ1) is 8.70. The summed E-state index contributed by atoms with van der Waals surface area (Å²) >= 11 is 1.64. The third kappa shape index (κ3) is 1.65. The average Bonchev–Trinajstić information content (AvgIpc) is 2.71. The van der Waals surface area contributed by atoms with E-state index in [9.17, 15) is 4.79 Å². The molecule has 0 radical (unpaired) electrons. The van der Waals surface area contributed by atoms with Gasteiger partial charge in [0.25, 0.3) is 5.56 Å². The second kappa shape index (κ2) is 4.21. The number of hydrogen-bond acceptors (Lipinski definition) is 4. The second-order valence-corrected chi connectivity index (χ2v) is 5.95. The molecule has 92 valence electrons. The maximum Gasteiger partial charge on any atom is 0.263 e. The standard InChI is InChI=1S/C13H13N3OS/c1-8-2-3-9-10(6-8)18-12-11(9)13(17)16(5-4-14)7-15-12/h7-8H,2-3,5-6H2,1H3/t8-/m1/s1. The van der Waals surface area contributed by atoms with E-state index in [0.717, 1.165) is 29.5 Å². The Balaban J connectivity index is 2.26. The van der Waals surface area contributed by atoms with Crippen molar-refractivity contribution in [1.82, 2.24) is 9.55 Å². The van der Waals surface area contributed by atoms with Gasteiger partial charge in [-0.05, 0) is 30.7 Å². The molecule has 0 saturated heterocycles. The van der Waals surface area contributed by atoms with Crippen molar-refractivity contribution < 1.29 is 0 Å². The van der Waals surface area contributed by atoms with Crippen LogP contribution in [0, 0.1) is 17.2 Å². The summed E-state index contributed by atoms with van der Waals surface area (Å²) in [5.74, 6) is 0.687. The number of fused-ring (bicyclic) bond motifs is 3. The number of aryl methyl sites for hydroxylation is 1. The highest BCUT2D eigenvalue weighted by Gasteiger charge is 2.22.